The summed E-state index contributed by atoms with van der Waals surface area (Å²) in [5.74, 6) is 0.624. The second-order valence-corrected chi connectivity index (χ2v) is 8.31. The van der Waals surface area contributed by atoms with Gasteiger partial charge in [0.1, 0.15) is 5.92 Å². The molecule has 6 nitrogen and oxygen atoms in total. The molecule has 1 N–H and O–H groups in total. The van der Waals surface area contributed by atoms with Gasteiger partial charge in [-0.1, -0.05) is 23.7 Å². The number of hydrogen-bond donors (Lipinski definition) is 1. The number of amides is 1. The number of para-hydroxylation sites is 1. The van der Waals surface area contributed by atoms with Crippen LogP contribution in [0.25, 0.3) is 0 Å². The third kappa shape index (κ3) is 3.00. The van der Waals surface area contributed by atoms with Crippen LogP contribution in [0.1, 0.15) is 18.5 Å². The number of ether oxygens (including phenoxy) is 2. The van der Waals surface area contributed by atoms with Crippen LogP contribution in [-0.2, 0) is 4.79 Å². The van der Waals surface area contributed by atoms with Crippen molar-refractivity contribution in [3.05, 3.63) is 53.1 Å². The minimum Gasteiger partial charge on any atom is -0.493 e. The van der Waals surface area contributed by atoms with E-state index in [2.05, 4.69) is 5.32 Å². The predicted molar refractivity (Wildman–Crippen MR) is 117 cm³/mol. The second kappa shape index (κ2) is 7.07. The van der Waals surface area contributed by atoms with Crippen LogP contribution in [-0.4, -0.2) is 42.8 Å². The van der Waals surface area contributed by atoms with Gasteiger partial charge in [0.05, 0.1) is 13.2 Å². The molecule has 1 saturated heterocycles. The summed E-state index contributed by atoms with van der Waals surface area (Å²) in [7, 11) is 5.09. The van der Waals surface area contributed by atoms with Crippen LogP contribution in [0.3, 0.4) is 0 Å². The van der Waals surface area contributed by atoms with Crippen molar-refractivity contribution >= 4 is 40.5 Å². The van der Waals surface area contributed by atoms with Crippen LogP contribution in [0.2, 0.25) is 5.02 Å². The molecule has 0 aromatic heterocycles. The molecule has 2 aromatic carbocycles. The zero-order valence-electron chi connectivity index (χ0n) is 16.6. The molecule has 1 amide bonds. The van der Waals surface area contributed by atoms with Crippen LogP contribution in [0.4, 0.5) is 5.69 Å². The molecular formula is C21H22ClN3O3S. The van der Waals surface area contributed by atoms with Crippen LogP contribution < -0.4 is 19.7 Å². The molecule has 3 unspecified atom stereocenters. The van der Waals surface area contributed by atoms with E-state index in [-0.39, 0.29) is 11.9 Å². The highest BCUT2D eigenvalue weighted by Gasteiger charge is 2.59. The van der Waals surface area contributed by atoms with E-state index in [1.807, 2.05) is 42.2 Å². The van der Waals surface area contributed by atoms with Gasteiger partial charge in [0, 0.05) is 30.4 Å². The molecule has 2 aromatic rings. The lowest BCUT2D eigenvalue weighted by Gasteiger charge is -2.56. The molecule has 2 bridgehead atoms. The summed E-state index contributed by atoms with van der Waals surface area (Å²) in [4.78, 5) is 16.7. The van der Waals surface area contributed by atoms with Gasteiger partial charge in [-0.2, -0.15) is 0 Å². The van der Waals surface area contributed by atoms with E-state index in [1.165, 1.54) is 0 Å². The number of thiocarbonyl (C=S) groups is 1. The lowest BCUT2D eigenvalue weighted by molar-refractivity contribution is -0.144. The number of carbonyl (C=O) groups excluding carboxylic acids is 1. The van der Waals surface area contributed by atoms with E-state index in [4.69, 9.17) is 33.3 Å². The fourth-order valence-corrected chi connectivity index (χ4v) is 4.70. The van der Waals surface area contributed by atoms with Crippen molar-refractivity contribution < 1.29 is 14.3 Å². The molecule has 29 heavy (non-hydrogen) atoms. The van der Waals surface area contributed by atoms with Crippen molar-refractivity contribution in [3.63, 3.8) is 0 Å². The van der Waals surface area contributed by atoms with E-state index in [9.17, 15) is 4.79 Å². The van der Waals surface area contributed by atoms with Crippen molar-refractivity contribution in [2.45, 2.75) is 18.7 Å². The first-order valence-electron chi connectivity index (χ1n) is 9.21. The maximum absolute atomic E-state index is 13.3. The molecule has 0 aliphatic carbocycles. The number of rotatable bonds is 3. The monoisotopic (exact) mass is 431 g/mol. The summed E-state index contributed by atoms with van der Waals surface area (Å²) in [5.41, 5.74) is 0.562. The molecule has 2 aliphatic heterocycles. The fraction of sp³-hybridized carbons (Fsp3) is 0.333. The Bertz CT molecular complexity index is 982. The Morgan fingerprint density at radius 2 is 1.97 bits per heavy atom. The summed E-state index contributed by atoms with van der Waals surface area (Å²) < 4.78 is 12.1. The first kappa shape index (κ1) is 19.8. The normalized spacial score (nSPS) is 24.9. The van der Waals surface area contributed by atoms with E-state index < -0.39 is 11.6 Å². The standard InChI is InChI=1S/C21H22ClN3O3S/c1-21-16(19(26)24(2)3)17(14-6-5-7-15(27-4)18(14)28-21)23-20(29)25(21)13-10-8-12(22)9-11-13/h5-11,16-17H,1-4H3,(H,23,29). The van der Waals surface area contributed by atoms with Crippen LogP contribution >= 0.6 is 23.8 Å². The van der Waals surface area contributed by atoms with Crippen LogP contribution in [0.15, 0.2) is 42.5 Å². The van der Waals surface area contributed by atoms with E-state index in [0.717, 1.165) is 11.3 Å². The SMILES string of the molecule is COc1cccc2c1OC1(C)C(C(=O)N(C)C)C2NC(=S)N1c1ccc(Cl)cc1. The van der Waals surface area contributed by atoms with Gasteiger partial charge in [-0.15, -0.1) is 0 Å². The van der Waals surface area contributed by atoms with Gasteiger partial charge in [-0.05, 0) is 49.5 Å². The quantitative estimate of drug-likeness (QED) is 0.749. The van der Waals surface area contributed by atoms with Crippen molar-refractivity contribution in [1.82, 2.24) is 10.2 Å². The maximum atomic E-state index is 13.3. The Kier molecular flexibility index (Phi) is 4.83. The maximum Gasteiger partial charge on any atom is 0.233 e. The van der Waals surface area contributed by atoms with E-state index >= 15 is 0 Å². The number of benzene rings is 2. The predicted octanol–water partition coefficient (Wildman–Crippen LogP) is 3.60. The van der Waals surface area contributed by atoms with Crippen molar-refractivity contribution in [1.29, 1.82) is 0 Å². The molecule has 1 fully saturated rings. The topological polar surface area (TPSA) is 54.0 Å². The van der Waals surface area contributed by atoms with Gasteiger partial charge < -0.3 is 19.7 Å². The number of fused-ring (bicyclic) bond motifs is 4. The van der Waals surface area contributed by atoms with Crippen molar-refractivity contribution in [2.24, 2.45) is 5.92 Å². The number of hydrogen-bond acceptors (Lipinski definition) is 4. The summed E-state index contributed by atoms with van der Waals surface area (Å²) in [6.45, 7) is 1.89. The highest BCUT2D eigenvalue weighted by molar-refractivity contribution is 7.80. The average molecular weight is 432 g/mol. The Labute approximate surface area is 180 Å². The van der Waals surface area contributed by atoms with Crippen molar-refractivity contribution in [3.8, 4) is 11.5 Å². The Morgan fingerprint density at radius 3 is 2.59 bits per heavy atom. The lowest BCUT2D eigenvalue weighted by Crippen LogP contribution is -2.72. The van der Waals surface area contributed by atoms with Gasteiger partial charge >= 0.3 is 0 Å². The number of nitrogens with zero attached hydrogens (tertiary/aromatic N) is 2. The third-order valence-electron chi connectivity index (χ3n) is 5.50. The van der Waals surface area contributed by atoms with Gasteiger partial charge in [-0.3, -0.25) is 9.69 Å². The largest absolute Gasteiger partial charge is 0.493 e. The van der Waals surface area contributed by atoms with Crippen LogP contribution in [0.5, 0.6) is 11.5 Å². The zero-order chi connectivity index (χ0) is 20.9. The molecule has 0 saturated carbocycles. The lowest BCUT2D eigenvalue weighted by atomic mass is 9.78. The summed E-state index contributed by atoms with van der Waals surface area (Å²) in [5, 5.41) is 4.47. The summed E-state index contributed by atoms with van der Waals surface area (Å²) in [6.07, 6.45) is 0. The Balaban J connectivity index is 1.93. The first-order valence-corrected chi connectivity index (χ1v) is 10.00. The molecule has 2 heterocycles. The second-order valence-electron chi connectivity index (χ2n) is 7.48. The summed E-state index contributed by atoms with van der Waals surface area (Å²) in [6, 6.07) is 12.6. The van der Waals surface area contributed by atoms with Gasteiger partial charge in [0.25, 0.3) is 0 Å². The van der Waals surface area contributed by atoms with Gasteiger partial charge in [0.15, 0.2) is 22.3 Å². The van der Waals surface area contributed by atoms with Crippen molar-refractivity contribution in [2.75, 3.05) is 26.1 Å². The zero-order valence-corrected chi connectivity index (χ0v) is 18.2. The fourth-order valence-electron chi connectivity index (χ4n) is 4.17. The summed E-state index contributed by atoms with van der Waals surface area (Å²) >= 11 is 11.8. The number of anilines is 1. The van der Waals surface area contributed by atoms with E-state index in [0.29, 0.717) is 21.6 Å². The highest BCUT2D eigenvalue weighted by Crippen LogP contribution is 2.52. The molecule has 0 radical (unpaired) electrons. The van der Waals surface area contributed by atoms with Gasteiger partial charge in [0.2, 0.25) is 5.91 Å². The van der Waals surface area contributed by atoms with E-state index in [1.54, 1.807) is 38.2 Å². The minimum absolute atomic E-state index is 0.0556. The molecule has 8 heteroatoms. The Morgan fingerprint density at radius 1 is 1.28 bits per heavy atom. The highest BCUT2D eigenvalue weighted by atomic mass is 35.5. The number of carbonyl (C=O) groups is 1. The molecular weight excluding hydrogens is 410 g/mol. The number of halogens is 1. The van der Waals surface area contributed by atoms with Gasteiger partial charge in [-0.25, -0.2) is 0 Å². The molecule has 3 atom stereocenters. The molecule has 0 spiro atoms. The molecule has 4 rings (SSSR count). The number of methoxy groups -OCH3 is 1. The third-order valence-corrected chi connectivity index (χ3v) is 6.05. The van der Waals surface area contributed by atoms with Crippen LogP contribution in [0, 0.1) is 5.92 Å². The average Bonchev–Trinajstić information content (AvgIpc) is 2.68. The molecule has 2 aliphatic rings. The minimum atomic E-state index is -1.07. The Hall–Kier alpha value is -2.51. The smallest absolute Gasteiger partial charge is 0.233 e. The number of nitrogens with one attached hydrogen (secondary N) is 1. The molecule has 152 valence electrons. The first-order chi connectivity index (χ1) is 13.8.